The van der Waals surface area contributed by atoms with E-state index in [1.165, 1.54) is 0 Å². The van der Waals surface area contributed by atoms with Crippen LogP contribution in [0.3, 0.4) is 0 Å². The van der Waals surface area contributed by atoms with Crippen molar-refractivity contribution in [1.82, 2.24) is 4.98 Å². The van der Waals surface area contributed by atoms with Gasteiger partial charge in [0, 0.05) is 28.9 Å². The Morgan fingerprint density at radius 2 is 1.70 bits per heavy atom. The number of rotatable bonds is 2. The molecule has 2 aromatic carbocycles. The first-order valence-electron chi connectivity index (χ1n) is 6.13. The topological polar surface area (TPSA) is 33.1 Å². The minimum atomic E-state index is -0.861. The molecular weight excluding hydrogens is 293 g/mol. The van der Waals surface area contributed by atoms with Crippen LogP contribution in [0.4, 0.5) is 0 Å². The fraction of sp³-hybridized carbons (Fsp3) is 0.0625. The van der Waals surface area contributed by atoms with Crippen LogP contribution in [0.15, 0.2) is 54.9 Å². The highest BCUT2D eigenvalue weighted by Gasteiger charge is 2.18. The van der Waals surface area contributed by atoms with Gasteiger partial charge in [-0.3, -0.25) is 4.98 Å². The van der Waals surface area contributed by atoms with E-state index in [0.717, 1.165) is 10.8 Å². The van der Waals surface area contributed by atoms with Crippen molar-refractivity contribution in [2.24, 2.45) is 0 Å². The molecule has 1 N–H and O–H groups in total. The molecule has 0 bridgehead atoms. The van der Waals surface area contributed by atoms with Gasteiger partial charge < -0.3 is 5.11 Å². The van der Waals surface area contributed by atoms with Crippen LogP contribution in [0.2, 0.25) is 10.0 Å². The number of fused-ring (bicyclic) bond motifs is 1. The molecule has 3 rings (SSSR count). The highest BCUT2D eigenvalue weighted by molar-refractivity contribution is 6.42. The molecule has 0 saturated carbocycles. The number of aromatic nitrogens is 1. The molecule has 20 heavy (non-hydrogen) atoms. The number of hydrogen-bond donors (Lipinski definition) is 1. The third-order valence-electron chi connectivity index (χ3n) is 3.27. The summed E-state index contributed by atoms with van der Waals surface area (Å²) >= 11 is 12.2. The van der Waals surface area contributed by atoms with Gasteiger partial charge in [-0.2, -0.15) is 0 Å². The fourth-order valence-electron chi connectivity index (χ4n) is 2.26. The first kappa shape index (κ1) is 13.4. The molecule has 1 heterocycles. The van der Waals surface area contributed by atoms with Gasteiger partial charge in [0.05, 0.1) is 10.0 Å². The molecule has 0 saturated heterocycles. The minimum absolute atomic E-state index is 0.370. The van der Waals surface area contributed by atoms with Gasteiger partial charge in [-0.1, -0.05) is 59.6 Å². The summed E-state index contributed by atoms with van der Waals surface area (Å²) in [6.45, 7) is 0. The molecule has 100 valence electrons. The summed E-state index contributed by atoms with van der Waals surface area (Å²) in [6, 6.07) is 13.0. The SMILES string of the molecule is OC(c1cccc(Cl)c1Cl)c1cncc2ccccc12. The first-order chi connectivity index (χ1) is 9.68. The van der Waals surface area contributed by atoms with E-state index in [9.17, 15) is 5.11 Å². The van der Waals surface area contributed by atoms with Crippen molar-refractivity contribution in [2.75, 3.05) is 0 Å². The van der Waals surface area contributed by atoms with E-state index in [2.05, 4.69) is 4.98 Å². The number of benzene rings is 2. The molecule has 0 radical (unpaired) electrons. The van der Waals surface area contributed by atoms with Crippen LogP contribution in [0.1, 0.15) is 17.2 Å². The van der Waals surface area contributed by atoms with Gasteiger partial charge in [0.1, 0.15) is 6.10 Å². The maximum atomic E-state index is 10.6. The van der Waals surface area contributed by atoms with Crippen molar-refractivity contribution in [3.63, 3.8) is 0 Å². The Labute approximate surface area is 126 Å². The Morgan fingerprint density at radius 1 is 0.900 bits per heavy atom. The second-order valence-electron chi connectivity index (χ2n) is 4.50. The summed E-state index contributed by atoms with van der Waals surface area (Å²) < 4.78 is 0. The van der Waals surface area contributed by atoms with Gasteiger partial charge in [-0.05, 0) is 11.5 Å². The number of hydrogen-bond acceptors (Lipinski definition) is 2. The lowest BCUT2D eigenvalue weighted by Crippen LogP contribution is -2.02. The van der Waals surface area contributed by atoms with E-state index >= 15 is 0 Å². The monoisotopic (exact) mass is 303 g/mol. The minimum Gasteiger partial charge on any atom is -0.384 e. The van der Waals surface area contributed by atoms with E-state index in [0.29, 0.717) is 21.2 Å². The largest absolute Gasteiger partial charge is 0.384 e. The summed E-state index contributed by atoms with van der Waals surface area (Å²) in [5, 5.41) is 13.3. The number of nitrogens with zero attached hydrogens (tertiary/aromatic N) is 1. The average molecular weight is 304 g/mol. The van der Waals surface area contributed by atoms with E-state index in [-0.39, 0.29) is 0 Å². The van der Waals surface area contributed by atoms with Crippen LogP contribution >= 0.6 is 23.2 Å². The molecule has 0 amide bonds. The molecule has 0 aliphatic heterocycles. The normalized spacial score (nSPS) is 12.6. The average Bonchev–Trinajstić information content (AvgIpc) is 2.49. The zero-order valence-corrected chi connectivity index (χ0v) is 11.9. The third kappa shape index (κ3) is 2.27. The molecule has 0 fully saturated rings. The van der Waals surface area contributed by atoms with Crippen LogP contribution in [-0.2, 0) is 0 Å². The number of pyridine rings is 1. The standard InChI is InChI=1S/C16H11Cl2NO/c17-14-7-3-6-12(15(14)18)16(20)13-9-19-8-10-4-1-2-5-11(10)13/h1-9,16,20H. The molecule has 1 aromatic heterocycles. The Hall–Kier alpha value is -1.61. The van der Waals surface area contributed by atoms with Crippen LogP contribution in [0.25, 0.3) is 10.8 Å². The quantitative estimate of drug-likeness (QED) is 0.749. The number of aliphatic hydroxyl groups excluding tert-OH is 1. The lowest BCUT2D eigenvalue weighted by atomic mass is 9.98. The second-order valence-corrected chi connectivity index (χ2v) is 5.28. The highest BCUT2D eigenvalue weighted by Crippen LogP contribution is 2.35. The van der Waals surface area contributed by atoms with Crippen molar-refractivity contribution < 1.29 is 5.11 Å². The van der Waals surface area contributed by atoms with Gasteiger partial charge in [0.25, 0.3) is 0 Å². The van der Waals surface area contributed by atoms with E-state index in [1.54, 1.807) is 30.6 Å². The molecule has 0 spiro atoms. The van der Waals surface area contributed by atoms with Crippen molar-refractivity contribution in [3.05, 3.63) is 76.0 Å². The van der Waals surface area contributed by atoms with Gasteiger partial charge in [-0.15, -0.1) is 0 Å². The van der Waals surface area contributed by atoms with Gasteiger partial charge in [-0.25, -0.2) is 0 Å². The Kier molecular flexibility index (Phi) is 3.62. The zero-order chi connectivity index (χ0) is 14.1. The molecule has 1 atom stereocenters. The third-order valence-corrected chi connectivity index (χ3v) is 4.10. The van der Waals surface area contributed by atoms with E-state index in [4.69, 9.17) is 23.2 Å². The van der Waals surface area contributed by atoms with Crippen LogP contribution < -0.4 is 0 Å². The number of halogens is 2. The smallest absolute Gasteiger partial charge is 0.108 e. The Morgan fingerprint density at radius 3 is 2.55 bits per heavy atom. The molecule has 0 aliphatic carbocycles. The van der Waals surface area contributed by atoms with E-state index in [1.807, 2.05) is 24.3 Å². The maximum Gasteiger partial charge on any atom is 0.108 e. The molecule has 4 heteroatoms. The highest BCUT2D eigenvalue weighted by atomic mass is 35.5. The zero-order valence-electron chi connectivity index (χ0n) is 10.4. The molecule has 1 unspecified atom stereocenters. The van der Waals surface area contributed by atoms with Crippen molar-refractivity contribution in [3.8, 4) is 0 Å². The summed E-state index contributed by atoms with van der Waals surface area (Å²) in [6.07, 6.45) is 2.56. The first-order valence-corrected chi connectivity index (χ1v) is 6.88. The Balaban J connectivity index is 2.18. The maximum absolute atomic E-state index is 10.6. The molecule has 2 nitrogen and oxygen atoms in total. The van der Waals surface area contributed by atoms with Gasteiger partial charge in [0.15, 0.2) is 0 Å². The summed E-state index contributed by atoms with van der Waals surface area (Å²) in [7, 11) is 0. The van der Waals surface area contributed by atoms with Crippen LogP contribution in [0.5, 0.6) is 0 Å². The predicted molar refractivity (Wildman–Crippen MR) is 82.3 cm³/mol. The Bertz CT molecular complexity index is 768. The van der Waals surface area contributed by atoms with Gasteiger partial charge >= 0.3 is 0 Å². The second kappa shape index (κ2) is 5.41. The van der Waals surface area contributed by atoms with Gasteiger partial charge in [0.2, 0.25) is 0 Å². The summed E-state index contributed by atoms with van der Waals surface area (Å²) in [4.78, 5) is 4.18. The van der Waals surface area contributed by atoms with Crippen LogP contribution in [-0.4, -0.2) is 10.1 Å². The lowest BCUT2D eigenvalue weighted by molar-refractivity contribution is 0.221. The predicted octanol–water partition coefficient (Wildman–Crippen LogP) is 4.62. The molecular formula is C16H11Cl2NO. The number of aliphatic hydroxyl groups is 1. The van der Waals surface area contributed by atoms with Crippen molar-refractivity contribution >= 4 is 34.0 Å². The summed E-state index contributed by atoms with van der Waals surface area (Å²) in [5.41, 5.74) is 1.30. The van der Waals surface area contributed by atoms with Crippen molar-refractivity contribution in [2.45, 2.75) is 6.10 Å². The lowest BCUT2D eigenvalue weighted by Gasteiger charge is -2.15. The van der Waals surface area contributed by atoms with Crippen molar-refractivity contribution in [1.29, 1.82) is 0 Å². The molecule has 3 aromatic rings. The van der Waals surface area contributed by atoms with E-state index < -0.39 is 6.10 Å². The molecule has 0 aliphatic rings. The summed E-state index contributed by atoms with van der Waals surface area (Å²) in [5.74, 6) is 0. The fourth-order valence-corrected chi connectivity index (χ4v) is 2.67. The van der Waals surface area contributed by atoms with Crippen LogP contribution in [0, 0.1) is 0 Å².